The van der Waals surface area contributed by atoms with Crippen molar-refractivity contribution < 1.29 is 24.2 Å². The van der Waals surface area contributed by atoms with Gasteiger partial charge >= 0.3 is 5.97 Å². The van der Waals surface area contributed by atoms with E-state index in [0.717, 1.165) is 11.1 Å². The van der Waals surface area contributed by atoms with E-state index in [0.29, 0.717) is 41.7 Å². The average Bonchev–Trinajstić information content (AvgIpc) is 3.13. The van der Waals surface area contributed by atoms with Gasteiger partial charge < -0.3 is 14.6 Å². The van der Waals surface area contributed by atoms with Crippen LogP contribution in [0.1, 0.15) is 35.3 Å². The van der Waals surface area contributed by atoms with Crippen LogP contribution in [0.15, 0.2) is 83.5 Å². The van der Waals surface area contributed by atoms with Gasteiger partial charge in [-0.3, -0.25) is 4.79 Å². The predicted molar refractivity (Wildman–Crippen MR) is 130 cm³/mol. The molecule has 172 valence electrons. The van der Waals surface area contributed by atoms with Gasteiger partial charge in [0.25, 0.3) is 5.91 Å². The second-order valence-electron chi connectivity index (χ2n) is 7.63. The van der Waals surface area contributed by atoms with Crippen molar-refractivity contribution in [1.82, 2.24) is 0 Å². The van der Waals surface area contributed by atoms with E-state index in [9.17, 15) is 14.7 Å². The van der Waals surface area contributed by atoms with Crippen LogP contribution in [0, 0.1) is 0 Å². The molecule has 3 aromatic carbocycles. The first-order chi connectivity index (χ1) is 16.5. The van der Waals surface area contributed by atoms with Gasteiger partial charge in [-0.05, 0) is 61.4 Å². The van der Waals surface area contributed by atoms with Gasteiger partial charge in [-0.15, -0.1) is 0 Å². The number of carboxylic acids is 1. The SMILES string of the molecule is CCOc1cc(C=C2C(=O)N(c3cccc(C(=O)O)c3)N=C2C)ccc1OCc1ccccc1. The zero-order valence-electron chi connectivity index (χ0n) is 18.9. The number of aromatic carboxylic acids is 1. The molecule has 0 unspecified atom stereocenters. The van der Waals surface area contributed by atoms with Gasteiger partial charge in [0.15, 0.2) is 11.5 Å². The van der Waals surface area contributed by atoms with Crippen LogP contribution in [0.3, 0.4) is 0 Å². The van der Waals surface area contributed by atoms with Gasteiger partial charge in [-0.2, -0.15) is 10.1 Å². The number of carbonyl (C=O) groups is 2. The average molecular weight is 456 g/mol. The highest BCUT2D eigenvalue weighted by atomic mass is 16.5. The molecular weight excluding hydrogens is 432 g/mol. The lowest BCUT2D eigenvalue weighted by Gasteiger charge is -2.13. The van der Waals surface area contributed by atoms with E-state index in [1.807, 2.05) is 55.5 Å². The molecule has 7 nitrogen and oxygen atoms in total. The molecule has 0 aliphatic carbocycles. The van der Waals surface area contributed by atoms with Gasteiger partial charge in [-0.25, -0.2) is 4.79 Å². The summed E-state index contributed by atoms with van der Waals surface area (Å²) < 4.78 is 11.7. The molecule has 1 aliphatic rings. The maximum atomic E-state index is 13.1. The number of anilines is 1. The fraction of sp³-hybridized carbons (Fsp3) is 0.148. The van der Waals surface area contributed by atoms with Gasteiger partial charge in [-0.1, -0.05) is 42.5 Å². The molecule has 7 heteroatoms. The minimum atomic E-state index is -1.07. The highest BCUT2D eigenvalue weighted by Crippen LogP contribution is 2.31. The minimum absolute atomic E-state index is 0.0861. The second kappa shape index (κ2) is 10.0. The summed E-state index contributed by atoms with van der Waals surface area (Å²) >= 11 is 0. The summed E-state index contributed by atoms with van der Waals surface area (Å²) in [5, 5.41) is 14.8. The van der Waals surface area contributed by atoms with Crippen LogP contribution in [-0.2, 0) is 11.4 Å². The van der Waals surface area contributed by atoms with Crippen molar-refractivity contribution in [3.63, 3.8) is 0 Å². The van der Waals surface area contributed by atoms with E-state index < -0.39 is 5.97 Å². The normalized spacial score (nSPS) is 14.3. The summed E-state index contributed by atoms with van der Waals surface area (Å²) in [5.41, 5.74) is 3.24. The Hall–Kier alpha value is -4.39. The molecule has 34 heavy (non-hydrogen) atoms. The second-order valence-corrected chi connectivity index (χ2v) is 7.63. The Kier molecular flexibility index (Phi) is 6.73. The Bertz CT molecular complexity index is 1280. The molecule has 3 aromatic rings. The molecule has 0 aromatic heterocycles. The third-order valence-corrected chi connectivity index (χ3v) is 5.22. The van der Waals surface area contributed by atoms with Crippen molar-refractivity contribution in [2.45, 2.75) is 20.5 Å². The van der Waals surface area contributed by atoms with Gasteiger partial charge in [0.05, 0.1) is 29.1 Å². The maximum absolute atomic E-state index is 13.1. The number of rotatable bonds is 8. The van der Waals surface area contributed by atoms with Crippen molar-refractivity contribution in [3.05, 3.63) is 95.1 Å². The van der Waals surface area contributed by atoms with Crippen LogP contribution in [0.25, 0.3) is 6.08 Å². The van der Waals surface area contributed by atoms with Crippen molar-refractivity contribution in [1.29, 1.82) is 0 Å². The standard InChI is InChI=1S/C27H24N2O5/c1-3-33-25-15-20(12-13-24(25)34-17-19-8-5-4-6-9-19)14-23-18(2)28-29(26(23)30)22-11-7-10-21(16-22)27(31)32/h4-16H,3,17H2,1-2H3,(H,31,32). The first-order valence-electron chi connectivity index (χ1n) is 10.8. The fourth-order valence-corrected chi connectivity index (χ4v) is 3.53. The van der Waals surface area contributed by atoms with E-state index in [1.165, 1.54) is 17.1 Å². The van der Waals surface area contributed by atoms with Gasteiger partial charge in [0, 0.05) is 0 Å². The fourth-order valence-electron chi connectivity index (χ4n) is 3.53. The molecule has 0 saturated heterocycles. The number of hydrogen-bond acceptors (Lipinski definition) is 5. The highest BCUT2D eigenvalue weighted by molar-refractivity contribution is 6.32. The zero-order chi connectivity index (χ0) is 24.1. The summed E-state index contributed by atoms with van der Waals surface area (Å²) in [6, 6.07) is 21.5. The maximum Gasteiger partial charge on any atom is 0.335 e. The summed E-state index contributed by atoms with van der Waals surface area (Å²) in [7, 11) is 0. The van der Waals surface area contributed by atoms with E-state index >= 15 is 0 Å². The van der Waals surface area contributed by atoms with Crippen molar-refractivity contribution >= 4 is 29.4 Å². The van der Waals surface area contributed by atoms with E-state index in [2.05, 4.69) is 5.10 Å². The Balaban J connectivity index is 1.57. The number of hydrazone groups is 1. The lowest BCUT2D eigenvalue weighted by molar-refractivity contribution is -0.114. The third-order valence-electron chi connectivity index (χ3n) is 5.22. The Morgan fingerprint density at radius 2 is 1.79 bits per heavy atom. The van der Waals surface area contributed by atoms with E-state index in [-0.39, 0.29) is 11.5 Å². The Labute approximate surface area is 197 Å². The van der Waals surface area contributed by atoms with Crippen LogP contribution in [0.4, 0.5) is 5.69 Å². The Morgan fingerprint density at radius 1 is 1.00 bits per heavy atom. The van der Waals surface area contributed by atoms with Crippen molar-refractivity contribution in [3.8, 4) is 11.5 Å². The lowest BCUT2D eigenvalue weighted by Crippen LogP contribution is -2.21. The molecule has 4 rings (SSSR count). The summed E-state index contributed by atoms with van der Waals surface area (Å²) in [4.78, 5) is 24.4. The highest BCUT2D eigenvalue weighted by Gasteiger charge is 2.29. The van der Waals surface area contributed by atoms with Crippen molar-refractivity contribution in [2.75, 3.05) is 11.6 Å². The zero-order valence-corrected chi connectivity index (χ0v) is 18.9. The van der Waals surface area contributed by atoms with Crippen LogP contribution in [0.2, 0.25) is 0 Å². The van der Waals surface area contributed by atoms with E-state index in [4.69, 9.17) is 9.47 Å². The van der Waals surface area contributed by atoms with Crippen molar-refractivity contribution in [2.24, 2.45) is 5.10 Å². The Morgan fingerprint density at radius 3 is 2.53 bits per heavy atom. The molecular formula is C27H24N2O5. The van der Waals surface area contributed by atoms with Crippen LogP contribution in [0.5, 0.6) is 11.5 Å². The first-order valence-corrected chi connectivity index (χ1v) is 10.8. The summed E-state index contributed by atoms with van der Waals surface area (Å²) in [6.45, 7) is 4.52. The predicted octanol–water partition coefficient (Wildman–Crippen LogP) is 5.17. The monoisotopic (exact) mass is 456 g/mol. The quantitative estimate of drug-likeness (QED) is 0.473. The lowest BCUT2D eigenvalue weighted by atomic mass is 10.1. The minimum Gasteiger partial charge on any atom is -0.490 e. The molecule has 1 heterocycles. The molecule has 1 N–H and O–H groups in total. The number of hydrogen-bond donors (Lipinski definition) is 1. The number of ether oxygens (including phenoxy) is 2. The molecule has 0 spiro atoms. The molecule has 1 aliphatic heterocycles. The smallest absolute Gasteiger partial charge is 0.335 e. The number of benzene rings is 3. The molecule has 0 saturated carbocycles. The summed E-state index contributed by atoms with van der Waals surface area (Å²) in [5.74, 6) is -0.202. The van der Waals surface area contributed by atoms with Crippen LogP contribution >= 0.6 is 0 Å². The molecule has 0 fully saturated rings. The molecule has 0 atom stereocenters. The van der Waals surface area contributed by atoms with Gasteiger partial charge in [0.2, 0.25) is 0 Å². The molecule has 0 radical (unpaired) electrons. The number of carbonyl (C=O) groups excluding carboxylic acids is 1. The summed E-state index contributed by atoms with van der Waals surface area (Å²) in [6.07, 6.45) is 1.74. The first kappa shape index (κ1) is 22.8. The topological polar surface area (TPSA) is 88.4 Å². The number of nitrogens with zero attached hydrogens (tertiary/aromatic N) is 2. The van der Waals surface area contributed by atoms with Crippen LogP contribution in [-0.4, -0.2) is 29.3 Å². The molecule has 0 bridgehead atoms. The molecule has 1 amide bonds. The third kappa shape index (κ3) is 4.99. The number of carboxylic acid groups (broad SMARTS) is 1. The van der Waals surface area contributed by atoms with E-state index in [1.54, 1.807) is 25.1 Å². The van der Waals surface area contributed by atoms with Gasteiger partial charge in [0.1, 0.15) is 6.61 Å². The largest absolute Gasteiger partial charge is 0.490 e. The van der Waals surface area contributed by atoms with Crippen LogP contribution < -0.4 is 14.5 Å². The number of amides is 1.